The highest BCUT2D eigenvalue weighted by Crippen LogP contribution is 2.58. The molecule has 5 rings (SSSR count). The van der Waals surface area contributed by atoms with Crippen molar-refractivity contribution in [2.24, 2.45) is 17.8 Å². The summed E-state index contributed by atoms with van der Waals surface area (Å²) in [4.78, 5) is 48.0. The normalized spacial score (nSPS) is 35.8. The maximum absolute atomic E-state index is 14.5. The second-order valence-electron chi connectivity index (χ2n) is 11.8. The van der Waals surface area contributed by atoms with Crippen LogP contribution in [0.5, 0.6) is 0 Å². The Kier molecular flexibility index (Phi) is 8.20. The van der Waals surface area contributed by atoms with Gasteiger partial charge in [-0.25, -0.2) is 0 Å². The van der Waals surface area contributed by atoms with Gasteiger partial charge in [0.2, 0.25) is 11.8 Å². The summed E-state index contributed by atoms with van der Waals surface area (Å²) in [6, 6.07) is -1.55. The number of likely N-dealkylation sites (tertiary alicyclic amines) is 1. The quantitative estimate of drug-likeness (QED) is 0.355. The van der Waals surface area contributed by atoms with Gasteiger partial charge in [0, 0.05) is 32.7 Å². The van der Waals surface area contributed by atoms with Crippen LogP contribution in [0.1, 0.15) is 40.0 Å². The molecular weight excluding hydrogens is 502 g/mol. The van der Waals surface area contributed by atoms with Gasteiger partial charge >= 0.3 is 5.97 Å². The van der Waals surface area contributed by atoms with Gasteiger partial charge in [0.05, 0.1) is 38.4 Å². The molecular formula is C29H43N3O7. The monoisotopic (exact) mass is 545 g/mol. The van der Waals surface area contributed by atoms with Gasteiger partial charge in [0.25, 0.3) is 0 Å². The lowest BCUT2D eigenvalue weighted by molar-refractivity contribution is -0.164. The lowest BCUT2D eigenvalue weighted by Gasteiger charge is -2.41. The first-order valence-corrected chi connectivity index (χ1v) is 14.5. The minimum Gasteiger partial charge on any atom is -0.465 e. The Morgan fingerprint density at radius 1 is 1.03 bits per heavy atom. The van der Waals surface area contributed by atoms with Crippen molar-refractivity contribution < 1.29 is 33.7 Å². The molecule has 6 atom stereocenters. The van der Waals surface area contributed by atoms with Crippen LogP contribution in [0.15, 0.2) is 24.3 Å². The SMILES string of the molecule is CC[C@@]12C=CCCOC(=O)[C@@H]1[C@H]1C(=O)N([C@@H](CO)CC(C)C)C3C(=O)N(CCN4CCOCC4)CC=C[C@@]31O2. The predicted octanol–water partition coefficient (Wildman–Crippen LogP) is 0.988. The number of hydrogen-bond donors (Lipinski definition) is 1. The molecule has 0 radical (unpaired) electrons. The largest absolute Gasteiger partial charge is 0.465 e. The topological polar surface area (TPSA) is 109 Å². The molecule has 5 aliphatic rings. The number of fused-ring (bicyclic) bond motifs is 2. The fraction of sp³-hybridized carbons (Fsp3) is 0.759. The Labute approximate surface area is 230 Å². The molecule has 39 heavy (non-hydrogen) atoms. The Hall–Kier alpha value is -2.27. The van der Waals surface area contributed by atoms with Crippen LogP contribution in [0.2, 0.25) is 0 Å². The van der Waals surface area contributed by atoms with Crippen LogP contribution in [0.4, 0.5) is 0 Å². The van der Waals surface area contributed by atoms with Crippen LogP contribution < -0.4 is 0 Å². The number of carbonyl (C=O) groups is 3. The lowest BCUT2D eigenvalue weighted by Crippen LogP contribution is -2.59. The number of carbonyl (C=O) groups excluding carboxylic acids is 3. The van der Waals surface area contributed by atoms with Crippen molar-refractivity contribution in [2.75, 3.05) is 59.2 Å². The molecule has 5 aliphatic heterocycles. The summed E-state index contributed by atoms with van der Waals surface area (Å²) in [5, 5.41) is 10.5. The highest BCUT2D eigenvalue weighted by molar-refractivity contribution is 5.99. The third kappa shape index (κ3) is 4.83. The Morgan fingerprint density at radius 2 is 1.79 bits per heavy atom. The third-order valence-electron chi connectivity index (χ3n) is 9.06. The minimum atomic E-state index is -1.33. The third-order valence-corrected chi connectivity index (χ3v) is 9.06. The molecule has 3 fully saturated rings. The van der Waals surface area contributed by atoms with E-state index in [-0.39, 0.29) is 30.9 Å². The number of ether oxygens (including phenoxy) is 3. The zero-order valence-electron chi connectivity index (χ0n) is 23.4. The molecule has 2 amide bonds. The van der Waals surface area contributed by atoms with E-state index in [9.17, 15) is 19.5 Å². The van der Waals surface area contributed by atoms with Crippen LogP contribution >= 0.6 is 0 Å². The fourth-order valence-corrected chi connectivity index (χ4v) is 7.22. The van der Waals surface area contributed by atoms with E-state index in [2.05, 4.69) is 4.90 Å². The van der Waals surface area contributed by atoms with Gasteiger partial charge in [-0.2, -0.15) is 0 Å². The molecule has 1 unspecified atom stereocenters. The van der Waals surface area contributed by atoms with Crippen LogP contribution in [0.25, 0.3) is 0 Å². The van der Waals surface area contributed by atoms with Gasteiger partial charge in [-0.3, -0.25) is 19.3 Å². The van der Waals surface area contributed by atoms with E-state index in [0.717, 1.165) is 13.1 Å². The molecule has 0 aromatic heterocycles. The molecule has 0 saturated carbocycles. The standard InChI is InChI=1S/C29H43N3O7/c1-4-28-8-5-6-15-38-27(36)23(28)22-25(34)32(21(19-33)18-20(2)3)24-26(35)31(10-7-9-29(22,24)39-28)12-11-30-13-16-37-17-14-30/h5,7-9,20-24,33H,4,6,10-19H2,1-3H3/t21-,22+,23+,24?,28-,29+/m1/s1. The first-order chi connectivity index (χ1) is 18.8. The first-order valence-electron chi connectivity index (χ1n) is 14.5. The van der Waals surface area contributed by atoms with Gasteiger partial charge in [0.15, 0.2) is 0 Å². The number of aliphatic hydroxyl groups excluding tert-OH is 1. The maximum atomic E-state index is 14.5. The number of cyclic esters (lactones) is 1. The number of nitrogens with zero attached hydrogens (tertiary/aromatic N) is 3. The van der Waals surface area contributed by atoms with E-state index in [1.807, 2.05) is 45.1 Å². The summed E-state index contributed by atoms with van der Waals surface area (Å²) >= 11 is 0. The van der Waals surface area contributed by atoms with Gasteiger partial charge in [-0.15, -0.1) is 0 Å². The van der Waals surface area contributed by atoms with Gasteiger partial charge in [-0.05, 0) is 25.2 Å². The van der Waals surface area contributed by atoms with Crippen molar-refractivity contribution in [1.82, 2.24) is 14.7 Å². The first kappa shape index (κ1) is 28.3. The van der Waals surface area contributed by atoms with Gasteiger partial charge in [0.1, 0.15) is 23.2 Å². The van der Waals surface area contributed by atoms with E-state index < -0.39 is 41.1 Å². The van der Waals surface area contributed by atoms with Gasteiger partial charge < -0.3 is 29.1 Å². The van der Waals surface area contributed by atoms with Crippen molar-refractivity contribution in [3.05, 3.63) is 24.3 Å². The predicted molar refractivity (Wildman–Crippen MR) is 142 cm³/mol. The van der Waals surface area contributed by atoms with Crippen molar-refractivity contribution >= 4 is 17.8 Å². The summed E-state index contributed by atoms with van der Waals surface area (Å²) in [7, 11) is 0. The van der Waals surface area contributed by atoms with Crippen LogP contribution in [-0.4, -0.2) is 120 Å². The number of aliphatic hydroxyl groups is 1. The number of rotatable bonds is 8. The highest BCUT2D eigenvalue weighted by Gasteiger charge is 2.75. The zero-order valence-corrected chi connectivity index (χ0v) is 23.4. The Balaban J connectivity index is 1.56. The maximum Gasteiger partial charge on any atom is 0.313 e. The number of morpholine rings is 1. The number of esters is 1. The minimum absolute atomic E-state index is 0.185. The molecule has 3 saturated heterocycles. The van der Waals surface area contributed by atoms with Crippen molar-refractivity contribution in [2.45, 2.75) is 63.3 Å². The fourth-order valence-electron chi connectivity index (χ4n) is 7.22. The summed E-state index contributed by atoms with van der Waals surface area (Å²) in [6.07, 6.45) is 9.19. The van der Waals surface area contributed by atoms with Crippen molar-refractivity contribution in [3.63, 3.8) is 0 Å². The van der Waals surface area contributed by atoms with E-state index in [0.29, 0.717) is 52.1 Å². The highest BCUT2D eigenvalue weighted by atomic mass is 16.6. The summed E-state index contributed by atoms with van der Waals surface area (Å²) in [5.74, 6) is -2.60. The Bertz CT molecular complexity index is 1010. The van der Waals surface area contributed by atoms with Crippen LogP contribution in [0.3, 0.4) is 0 Å². The summed E-state index contributed by atoms with van der Waals surface area (Å²) in [6.45, 7) is 10.5. The molecule has 0 aromatic rings. The van der Waals surface area contributed by atoms with E-state index in [1.165, 1.54) is 0 Å². The van der Waals surface area contributed by atoms with E-state index >= 15 is 0 Å². The van der Waals surface area contributed by atoms with Crippen molar-refractivity contribution in [3.8, 4) is 0 Å². The van der Waals surface area contributed by atoms with Gasteiger partial charge in [-0.1, -0.05) is 45.1 Å². The molecule has 1 N–H and O–H groups in total. The molecule has 10 heteroatoms. The molecule has 0 aromatic carbocycles. The molecule has 1 spiro atoms. The number of hydrogen-bond acceptors (Lipinski definition) is 8. The van der Waals surface area contributed by atoms with Crippen molar-refractivity contribution in [1.29, 1.82) is 0 Å². The summed E-state index contributed by atoms with van der Waals surface area (Å²) in [5.41, 5.74) is -2.39. The zero-order chi connectivity index (χ0) is 27.8. The Morgan fingerprint density at radius 3 is 2.49 bits per heavy atom. The average molecular weight is 546 g/mol. The molecule has 0 bridgehead atoms. The molecule has 216 valence electrons. The molecule has 5 heterocycles. The second-order valence-corrected chi connectivity index (χ2v) is 11.8. The average Bonchev–Trinajstić information content (AvgIpc) is 3.28. The molecule has 10 nitrogen and oxygen atoms in total. The lowest BCUT2D eigenvalue weighted by atomic mass is 9.73. The molecule has 0 aliphatic carbocycles. The van der Waals surface area contributed by atoms with Crippen LogP contribution in [-0.2, 0) is 28.6 Å². The smallest absolute Gasteiger partial charge is 0.313 e. The number of amides is 2. The van der Waals surface area contributed by atoms with E-state index in [1.54, 1.807) is 9.80 Å². The summed E-state index contributed by atoms with van der Waals surface area (Å²) < 4.78 is 18.0. The van der Waals surface area contributed by atoms with E-state index in [4.69, 9.17) is 14.2 Å². The second kappa shape index (κ2) is 11.3. The van der Waals surface area contributed by atoms with Crippen LogP contribution in [0, 0.1) is 17.8 Å².